The molecule has 0 spiro atoms. The number of ether oxygens (including phenoxy) is 1. The smallest absolute Gasteiger partial charge is 0.243 e. The van der Waals surface area contributed by atoms with Gasteiger partial charge in [-0.25, -0.2) is 4.98 Å². The SMILES string of the molecule is CCOc1ccc(NC(=O)C2Cc3cn[nH]c3CN2)nc1C. The molecule has 3 heterocycles. The predicted molar refractivity (Wildman–Crippen MR) is 81.7 cm³/mol. The molecule has 1 atom stereocenters. The normalized spacial score (nSPS) is 16.9. The van der Waals surface area contributed by atoms with Crippen molar-refractivity contribution in [2.24, 2.45) is 0 Å². The van der Waals surface area contributed by atoms with Crippen LogP contribution in [0.1, 0.15) is 23.9 Å². The molecule has 1 aliphatic heterocycles. The van der Waals surface area contributed by atoms with Crippen molar-refractivity contribution < 1.29 is 9.53 Å². The zero-order valence-electron chi connectivity index (χ0n) is 12.6. The second-order valence-corrected chi connectivity index (χ2v) is 5.21. The second kappa shape index (κ2) is 6.15. The summed E-state index contributed by atoms with van der Waals surface area (Å²) < 4.78 is 5.45. The Labute approximate surface area is 128 Å². The number of aryl methyl sites for hydroxylation is 1. The van der Waals surface area contributed by atoms with E-state index in [0.29, 0.717) is 25.4 Å². The van der Waals surface area contributed by atoms with Gasteiger partial charge in [-0.3, -0.25) is 15.2 Å². The Bertz CT molecular complexity index is 682. The Morgan fingerprint density at radius 1 is 1.50 bits per heavy atom. The fourth-order valence-corrected chi connectivity index (χ4v) is 2.51. The van der Waals surface area contributed by atoms with Gasteiger partial charge in [0, 0.05) is 13.0 Å². The first-order chi connectivity index (χ1) is 10.7. The van der Waals surface area contributed by atoms with Crippen molar-refractivity contribution in [1.82, 2.24) is 20.5 Å². The lowest BCUT2D eigenvalue weighted by Crippen LogP contribution is -2.44. The van der Waals surface area contributed by atoms with Crippen LogP contribution in [0.2, 0.25) is 0 Å². The van der Waals surface area contributed by atoms with Gasteiger partial charge in [0.15, 0.2) is 0 Å². The van der Waals surface area contributed by atoms with Crippen LogP contribution in [0, 0.1) is 6.92 Å². The second-order valence-electron chi connectivity index (χ2n) is 5.21. The van der Waals surface area contributed by atoms with Gasteiger partial charge in [-0.1, -0.05) is 0 Å². The highest BCUT2D eigenvalue weighted by Gasteiger charge is 2.25. The number of rotatable bonds is 4. The summed E-state index contributed by atoms with van der Waals surface area (Å²) in [7, 11) is 0. The molecule has 0 aliphatic carbocycles. The van der Waals surface area contributed by atoms with Crippen LogP contribution in [0.5, 0.6) is 5.75 Å². The highest BCUT2D eigenvalue weighted by Crippen LogP contribution is 2.19. The van der Waals surface area contributed by atoms with Crippen molar-refractivity contribution in [2.75, 3.05) is 11.9 Å². The molecular formula is C15H19N5O2. The van der Waals surface area contributed by atoms with Crippen LogP contribution < -0.4 is 15.4 Å². The Kier molecular flexibility index (Phi) is 4.06. The summed E-state index contributed by atoms with van der Waals surface area (Å²) in [5, 5.41) is 13.0. The number of amides is 1. The van der Waals surface area contributed by atoms with E-state index in [2.05, 4.69) is 25.8 Å². The van der Waals surface area contributed by atoms with Crippen molar-refractivity contribution >= 4 is 11.7 Å². The number of nitrogens with one attached hydrogen (secondary N) is 3. The highest BCUT2D eigenvalue weighted by atomic mass is 16.5. The number of hydrogen-bond acceptors (Lipinski definition) is 5. The van der Waals surface area contributed by atoms with Crippen LogP contribution in [0.3, 0.4) is 0 Å². The molecule has 7 heteroatoms. The molecule has 0 radical (unpaired) electrons. The quantitative estimate of drug-likeness (QED) is 0.788. The van der Waals surface area contributed by atoms with Crippen molar-refractivity contribution in [3.05, 3.63) is 35.3 Å². The molecule has 3 rings (SSSR count). The van der Waals surface area contributed by atoms with Crippen molar-refractivity contribution in [3.63, 3.8) is 0 Å². The van der Waals surface area contributed by atoms with E-state index in [1.807, 2.05) is 19.9 Å². The molecule has 0 saturated heterocycles. The molecule has 1 amide bonds. The first-order valence-electron chi connectivity index (χ1n) is 7.33. The van der Waals surface area contributed by atoms with Gasteiger partial charge in [0.2, 0.25) is 5.91 Å². The minimum absolute atomic E-state index is 0.0945. The molecule has 22 heavy (non-hydrogen) atoms. The molecular weight excluding hydrogens is 282 g/mol. The van der Waals surface area contributed by atoms with Crippen molar-refractivity contribution in [2.45, 2.75) is 32.9 Å². The van der Waals surface area contributed by atoms with Gasteiger partial charge in [-0.05, 0) is 31.5 Å². The third-order valence-electron chi connectivity index (χ3n) is 3.66. The fraction of sp³-hybridized carbons (Fsp3) is 0.400. The molecule has 116 valence electrons. The van der Waals surface area contributed by atoms with Gasteiger partial charge in [-0.15, -0.1) is 0 Å². The summed E-state index contributed by atoms with van der Waals surface area (Å²) in [6.07, 6.45) is 2.39. The van der Waals surface area contributed by atoms with Crippen LogP contribution >= 0.6 is 0 Å². The first-order valence-corrected chi connectivity index (χ1v) is 7.33. The van der Waals surface area contributed by atoms with Crippen LogP contribution in [0.15, 0.2) is 18.3 Å². The number of H-pyrrole nitrogens is 1. The average Bonchev–Trinajstić information content (AvgIpc) is 2.97. The van der Waals surface area contributed by atoms with E-state index in [0.717, 1.165) is 22.7 Å². The molecule has 0 bridgehead atoms. The van der Waals surface area contributed by atoms with E-state index < -0.39 is 0 Å². The van der Waals surface area contributed by atoms with Crippen LogP contribution in [-0.4, -0.2) is 33.7 Å². The lowest BCUT2D eigenvalue weighted by Gasteiger charge is -2.22. The summed E-state index contributed by atoms with van der Waals surface area (Å²) >= 11 is 0. The van der Waals surface area contributed by atoms with Crippen molar-refractivity contribution in [1.29, 1.82) is 0 Å². The number of aromatic nitrogens is 3. The number of pyridine rings is 1. The minimum Gasteiger partial charge on any atom is -0.492 e. The number of carbonyl (C=O) groups is 1. The molecule has 0 fully saturated rings. The summed E-state index contributed by atoms with van der Waals surface area (Å²) in [5.74, 6) is 1.17. The first kappa shape index (κ1) is 14.5. The van der Waals surface area contributed by atoms with Gasteiger partial charge < -0.3 is 10.1 Å². The van der Waals surface area contributed by atoms with E-state index in [1.165, 1.54) is 0 Å². The zero-order valence-corrected chi connectivity index (χ0v) is 12.6. The van der Waals surface area contributed by atoms with Gasteiger partial charge in [-0.2, -0.15) is 5.10 Å². The molecule has 3 N–H and O–H groups in total. The summed E-state index contributed by atoms with van der Waals surface area (Å²) in [5.41, 5.74) is 2.88. The fourth-order valence-electron chi connectivity index (χ4n) is 2.51. The third-order valence-corrected chi connectivity index (χ3v) is 3.66. The van der Waals surface area contributed by atoms with E-state index in [9.17, 15) is 4.79 Å². The van der Waals surface area contributed by atoms with Gasteiger partial charge in [0.1, 0.15) is 11.6 Å². The van der Waals surface area contributed by atoms with Gasteiger partial charge in [0.25, 0.3) is 0 Å². The molecule has 0 aromatic carbocycles. The van der Waals surface area contributed by atoms with Crippen LogP contribution in [0.25, 0.3) is 0 Å². The van der Waals surface area contributed by atoms with Gasteiger partial charge in [0.05, 0.1) is 30.2 Å². The molecule has 7 nitrogen and oxygen atoms in total. The summed E-state index contributed by atoms with van der Waals surface area (Å²) in [4.78, 5) is 16.7. The molecule has 0 saturated carbocycles. The van der Waals surface area contributed by atoms with E-state index in [1.54, 1.807) is 12.3 Å². The number of anilines is 1. The topological polar surface area (TPSA) is 91.9 Å². The van der Waals surface area contributed by atoms with E-state index in [4.69, 9.17) is 4.74 Å². The Hall–Kier alpha value is -2.41. The molecule has 1 unspecified atom stereocenters. The average molecular weight is 301 g/mol. The largest absolute Gasteiger partial charge is 0.492 e. The monoisotopic (exact) mass is 301 g/mol. The standard InChI is InChI=1S/C15H19N5O2/c1-3-22-13-4-5-14(18-9(13)2)19-15(21)11-6-10-7-17-20-12(10)8-16-11/h4-5,7,11,16H,3,6,8H2,1-2H3,(H,17,20)(H,18,19,21). The molecule has 2 aromatic heterocycles. The third kappa shape index (κ3) is 2.94. The van der Waals surface area contributed by atoms with Crippen LogP contribution in [-0.2, 0) is 17.8 Å². The Balaban J connectivity index is 1.66. The lowest BCUT2D eigenvalue weighted by atomic mass is 10.0. The Morgan fingerprint density at radius 3 is 3.14 bits per heavy atom. The lowest BCUT2D eigenvalue weighted by molar-refractivity contribution is -0.118. The molecule has 1 aliphatic rings. The highest BCUT2D eigenvalue weighted by molar-refractivity contribution is 5.94. The van der Waals surface area contributed by atoms with Crippen molar-refractivity contribution in [3.8, 4) is 5.75 Å². The van der Waals surface area contributed by atoms with E-state index >= 15 is 0 Å². The van der Waals surface area contributed by atoms with E-state index in [-0.39, 0.29) is 11.9 Å². The number of nitrogens with zero attached hydrogens (tertiary/aromatic N) is 2. The number of aromatic amines is 1. The predicted octanol–water partition coefficient (Wildman–Crippen LogP) is 1.16. The number of hydrogen-bond donors (Lipinski definition) is 3. The maximum atomic E-state index is 12.3. The van der Waals surface area contributed by atoms with Crippen LogP contribution in [0.4, 0.5) is 5.82 Å². The maximum absolute atomic E-state index is 12.3. The molecule has 2 aromatic rings. The number of fused-ring (bicyclic) bond motifs is 1. The number of carbonyl (C=O) groups excluding carboxylic acids is 1. The Morgan fingerprint density at radius 2 is 2.36 bits per heavy atom. The zero-order chi connectivity index (χ0) is 15.5. The summed E-state index contributed by atoms with van der Waals surface area (Å²) in [6.45, 7) is 4.99. The maximum Gasteiger partial charge on any atom is 0.243 e. The minimum atomic E-state index is -0.279. The van der Waals surface area contributed by atoms with Gasteiger partial charge >= 0.3 is 0 Å². The summed E-state index contributed by atoms with van der Waals surface area (Å²) in [6, 6.07) is 3.30.